The summed E-state index contributed by atoms with van der Waals surface area (Å²) in [5.41, 5.74) is 1.87. The highest BCUT2D eigenvalue weighted by atomic mass is 32.1. The Kier molecular flexibility index (Phi) is 5.38. The number of aromatic nitrogens is 4. The Hall–Kier alpha value is -3.13. The van der Waals surface area contributed by atoms with Crippen LogP contribution < -0.4 is 14.8 Å². The van der Waals surface area contributed by atoms with Crippen LogP contribution in [0.4, 0.5) is 10.8 Å². The molecule has 0 amide bonds. The fourth-order valence-electron chi connectivity index (χ4n) is 2.68. The number of nitrogens with one attached hydrogen (secondary N) is 1. The Bertz CT molecular complexity index is 1040. The van der Waals surface area contributed by atoms with Crippen molar-refractivity contribution in [1.82, 2.24) is 19.8 Å². The molecule has 4 aromatic rings. The molecule has 8 heteroatoms. The van der Waals surface area contributed by atoms with Crippen molar-refractivity contribution in [1.29, 1.82) is 0 Å². The van der Waals surface area contributed by atoms with Crippen molar-refractivity contribution in [3.63, 3.8) is 0 Å². The van der Waals surface area contributed by atoms with Gasteiger partial charge in [0.1, 0.15) is 11.5 Å². The minimum absolute atomic E-state index is 0.703. The van der Waals surface area contributed by atoms with E-state index in [4.69, 9.17) is 9.47 Å². The number of hydrogen-bond donors (Lipinski definition) is 1. The molecule has 2 aromatic heterocycles. The molecule has 0 spiro atoms. The van der Waals surface area contributed by atoms with E-state index in [0.717, 1.165) is 52.3 Å². The van der Waals surface area contributed by atoms with Gasteiger partial charge in [0.15, 0.2) is 5.82 Å². The minimum Gasteiger partial charge on any atom is -0.497 e. The molecule has 1 N–H and O–H groups in total. The van der Waals surface area contributed by atoms with Gasteiger partial charge in [0.05, 0.1) is 13.7 Å². The smallest absolute Gasteiger partial charge is 0.236 e. The van der Waals surface area contributed by atoms with Crippen LogP contribution in [0.25, 0.3) is 16.3 Å². The van der Waals surface area contributed by atoms with Gasteiger partial charge in [-0.3, -0.25) is 0 Å². The third-order valence-corrected chi connectivity index (χ3v) is 5.03. The van der Waals surface area contributed by atoms with Gasteiger partial charge in [-0.15, -0.1) is 15.3 Å². The van der Waals surface area contributed by atoms with Crippen molar-refractivity contribution in [2.45, 2.75) is 19.8 Å². The molecule has 0 aliphatic carbocycles. The van der Waals surface area contributed by atoms with Crippen LogP contribution >= 0.6 is 11.3 Å². The monoisotopic (exact) mass is 395 g/mol. The van der Waals surface area contributed by atoms with Gasteiger partial charge in [0.2, 0.25) is 10.1 Å². The fraction of sp³-hybridized carbons (Fsp3) is 0.250. The van der Waals surface area contributed by atoms with Crippen molar-refractivity contribution in [3.05, 3.63) is 48.5 Å². The maximum Gasteiger partial charge on any atom is 0.236 e. The molecule has 0 radical (unpaired) electrons. The first kappa shape index (κ1) is 18.2. The molecule has 0 unspecified atom stereocenters. The highest BCUT2D eigenvalue weighted by Gasteiger charge is 2.13. The zero-order chi connectivity index (χ0) is 19.3. The van der Waals surface area contributed by atoms with Crippen LogP contribution in [0, 0.1) is 0 Å². The van der Waals surface area contributed by atoms with Crippen LogP contribution in [0.15, 0.2) is 48.5 Å². The lowest BCUT2D eigenvalue weighted by molar-refractivity contribution is 0.309. The molecule has 0 fully saturated rings. The first-order valence-electron chi connectivity index (χ1n) is 9.13. The quantitative estimate of drug-likeness (QED) is 0.433. The number of ether oxygens (including phenoxy) is 2. The second-order valence-corrected chi connectivity index (χ2v) is 7.16. The zero-order valence-corrected chi connectivity index (χ0v) is 16.6. The van der Waals surface area contributed by atoms with Crippen LogP contribution in [-0.4, -0.2) is 33.5 Å². The Morgan fingerprint density at radius 2 is 1.75 bits per heavy atom. The Balaban J connectivity index is 1.52. The minimum atomic E-state index is 0.703. The Labute approximate surface area is 167 Å². The van der Waals surface area contributed by atoms with E-state index in [9.17, 15) is 0 Å². The van der Waals surface area contributed by atoms with Gasteiger partial charge in [-0.05, 0) is 55.0 Å². The third kappa shape index (κ3) is 3.91. The first-order valence-corrected chi connectivity index (χ1v) is 9.95. The van der Waals surface area contributed by atoms with Gasteiger partial charge in [-0.25, -0.2) is 0 Å². The topological polar surface area (TPSA) is 73.6 Å². The molecule has 7 nitrogen and oxygen atoms in total. The first-order chi connectivity index (χ1) is 13.8. The van der Waals surface area contributed by atoms with Gasteiger partial charge in [-0.2, -0.15) is 4.52 Å². The Morgan fingerprint density at radius 3 is 2.46 bits per heavy atom. The highest BCUT2D eigenvalue weighted by molar-refractivity contribution is 7.20. The summed E-state index contributed by atoms with van der Waals surface area (Å²) in [5, 5.41) is 17.2. The summed E-state index contributed by atoms with van der Waals surface area (Å²) in [6, 6.07) is 15.6. The maximum absolute atomic E-state index is 5.72. The number of methoxy groups -OCH3 is 1. The third-order valence-electron chi connectivity index (χ3n) is 4.21. The Morgan fingerprint density at radius 1 is 1.00 bits per heavy atom. The summed E-state index contributed by atoms with van der Waals surface area (Å²) in [6.45, 7) is 2.88. The molecule has 2 aromatic carbocycles. The van der Waals surface area contributed by atoms with E-state index in [-0.39, 0.29) is 0 Å². The molecule has 0 aliphatic heterocycles. The second kappa shape index (κ2) is 8.26. The van der Waals surface area contributed by atoms with Crippen molar-refractivity contribution < 1.29 is 9.47 Å². The summed E-state index contributed by atoms with van der Waals surface area (Å²) in [7, 11) is 1.65. The van der Waals surface area contributed by atoms with Gasteiger partial charge >= 0.3 is 0 Å². The average Bonchev–Trinajstić information content (AvgIpc) is 3.30. The summed E-state index contributed by atoms with van der Waals surface area (Å²) < 4.78 is 12.7. The largest absolute Gasteiger partial charge is 0.497 e. The zero-order valence-electron chi connectivity index (χ0n) is 15.8. The molecule has 0 bridgehead atoms. The lowest BCUT2D eigenvalue weighted by atomic mass is 10.2. The predicted molar refractivity (Wildman–Crippen MR) is 111 cm³/mol. The van der Waals surface area contributed by atoms with Gasteiger partial charge in [0, 0.05) is 11.3 Å². The number of anilines is 2. The van der Waals surface area contributed by atoms with Crippen molar-refractivity contribution in [2.24, 2.45) is 0 Å². The number of fused-ring (bicyclic) bond motifs is 1. The summed E-state index contributed by atoms with van der Waals surface area (Å²) in [6.07, 6.45) is 2.17. The molecule has 4 rings (SSSR count). The fourth-order valence-corrected chi connectivity index (χ4v) is 3.44. The van der Waals surface area contributed by atoms with E-state index < -0.39 is 0 Å². The van der Waals surface area contributed by atoms with E-state index in [1.165, 1.54) is 11.3 Å². The van der Waals surface area contributed by atoms with Crippen molar-refractivity contribution >= 4 is 27.1 Å². The molecule has 0 aliphatic rings. The molecule has 0 atom stereocenters. The van der Waals surface area contributed by atoms with Crippen LogP contribution in [0.1, 0.15) is 19.8 Å². The van der Waals surface area contributed by atoms with Gasteiger partial charge in [-0.1, -0.05) is 24.7 Å². The summed E-state index contributed by atoms with van der Waals surface area (Å²) in [4.78, 5) is 0.731. The van der Waals surface area contributed by atoms with E-state index in [1.54, 1.807) is 11.6 Å². The summed E-state index contributed by atoms with van der Waals surface area (Å²) >= 11 is 1.45. The average molecular weight is 395 g/mol. The highest BCUT2D eigenvalue weighted by Crippen LogP contribution is 2.28. The maximum atomic E-state index is 5.72. The molecule has 0 saturated carbocycles. The van der Waals surface area contributed by atoms with Crippen LogP contribution in [0.5, 0.6) is 11.5 Å². The number of unbranched alkanes of at least 4 members (excludes halogenated alkanes) is 1. The molecule has 28 heavy (non-hydrogen) atoms. The lowest BCUT2D eigenvalue weighted by Gasteiger charge is -2.05. The number of rotatable bonds is 8. The molecule has 2 heterocycles. The number of hydrogen-bond acceptors (Lipinski definition) is 7. The molecular weight excluding hydrogens is 374 g/mol. The van der Waals surface area contributed by atoms with E-state index in [2.05, 4.69) is 27.5 Å². The SMILES string of the molecule is CCCCOc1ccc(-c2nnc3sc(Nc4ccc(OC)cc4)nn23)cc1. The molecular formula is C20H21N5O2S. The second-order valence-electron chi connectivity index (χ2n) is 6.21. The standard InChI is InChI=1S/C20H21N5O2S/c1-3-4-13-27-17-9-5-14(6-10-17)18-22-23-20-25(18)24-19(28-20)21-15-7-11-16(26-2)12-8-15/h5-12H,3-4,13H2,1-2H3,(H,21,24). The van der Waals surface area contributed by atoms with Gasteiger partial charge < -0.3 is 14.8 Å². The van der Waals surface area contributed by atoms with Crippen LogP contribution in [0.2, 0.25) is 0 Å². The number of benzene rings is 2. The van der Waals surface area contributed by atoms with Gasteiger partial charge in [0.25, 0.3) is 0 Å². The predicted octanol–water partition coefficient (Wildman–Crippen LogP) is 4.78. The summed E-state index contributed by atoms with van der Waals surface area (Å²) in [5.74, 6) is 2.38. The number of nitrogens with zero attached hydrogens (tertiary/aromatic N) is 4. The molecule has 0 saturated heterocycles. The van der Waals surface area contributed by atoms with E-state index in [0.29, 0.717) is 5.82 Å². The van der Waals surface area contributed by atoms with Crippen LogP contribution in [0.3, 0.4) is 0 Å². The lowest BCUT2D eigenvalue weighted by Crippen LogP contribution is -1.97. The normalized spacial score (nSPS) is 10.9. The van der Waals surface area contributed by atoms with Crippen LogP contribution in [-0.2, 0) is 0 Å². The van der Waals surface area contributed by atoms with E-state index in [1.807, 2.05) is 48.5 Å². The van der Waals surface area contributed by atoms with Crippen molar-refractivity contribution in [2.75, 3.05) is 19.0 Å². The van der Waals surface area contributed by atoms with E-state index >= 15 is 0 Å². The molecule has 144 valence electrons. The van der Waals surface area contributed by atoms with Crippen molar-refractivity contribution in [3.8, 4) is 22.9 Å².